The van der Waals surface area contributed by atoms with Gasteiger partial charge in [0.15, 0.2) is 5.13 Å². The monoisotopic (exact) mass is 371 g/mol. The Morgan fingerprint density at radius 2 is 1.96 bits per heavy atom. The van der Waals surface area contributed by atoms with E-state index >= 15 is 0 Å². The van der Waals surface area contributed by atoms with E-state index in [2.05, 4.69) is 9.97 Å². The van der Waals surface area contributed by atoms with Crippen molar-refractivity contribution in [3.05, 3.63) is 71.2 Å². The average Bonchev–Trinajstić information content (AvgIpc) is 3.10. The minimum atomic E-state index is -0.572. The van der Waals surface area contributed by atoms with Crippen LogP contribution in [0.25, 0.3) is 0 Å². The van der Waals surface area contributed by atoms with Crippen LogP contribution in [0.15, 0.2) is 54.0 Å². The molecule has 0 atom stereocenters. The molecular formula is C18H14FN3O3S. The summed E-state index contributed by atoms with van der Waals surface area (Å²) in [5, 5.41) is 1.95. The molecule has 0 saturated carbocycles. The summed E-state index contributed by atoms with van der Waals surface area (Å²) in [5.41, 5.74) is 0.767. The van der Waals surface area contributed by atoms with Crippen LogP contribution in [0.5, 0.6) is 0 Å². The van der Waals surface area contributed by atoms with Crippen molar-refractivity contribution >= 4 is 34.0 Å². The second-order valence-corrected chi connectivity index (χ2v) is 6.05. The number of esters is 1. The quantitative estimate of drug-likeness (QED) is 0.639. The summed E-state index contributed by atoms with van der Waals surface area (Å²) in [6, 6.07) is 10.9. The molecule has 0 bridgehead atoms. The standard InChI is InChI=1S/C18H14FN3O3S/c1-12(23)22(16-8-3-2-6-14(16)19)18-21-13(11-26-18)10-25-17(24)15-7-4-5-9-20-15/h2-9,11H,10H2,1H3. The van der Waals surface area contributed by atoms with Crippen LogP contribution in [0.1, 0.15) is 23.1 Å². The third-order valence-corrected chi connectivity index (χ3v) is 4.24. The molecule has 0 saturated heterocycles. The van der Waals surface area contributed by atoms with Crippen LogP contribution in [-0.2, 0) is 16.1 Å². The summed E-state index contributed by atoms with van der Waals surface area (Å²) in [6.45, 7) is 1.25. The maximum Gasteiger partial charge on any atom is 0.357 e. The Morgan fingerprint density at radius 3 is 2.65 bits per heavy atom. The van der Waals surface area contributed by atoms with Crippen molar-refractivity contribution < 1.29 is 18.7 Å². The van der Waals surface area contributed by atoms with E-state index in [9.17, 15) is 14.0 Å². The van der Waals surface area contributed by atoms with Gasteiger partial charge in [-0.25, -0.2) is 19.2 Å². The fourth-order valence-electron chi connectivity index (χ4n) is 2.20. The van der Waals surface area contributed by atoms with Crippen molar-refractivity contribution in [1.29, 1.82) is 0 Å². The van der Waals surface area contributed by atoms with Crippen molar-refractivity contribution in [2.75, 3.05) is 4.90 Å². The molecule has 0 spiro atoms. The minimum Gasteiger partial charge on any atom is -0.454 e. The van der Waals surface area contributed by atoms with Crippen LogP contribution in [0, 0.1) is 5.82 Å². The number of thiazole rings is 1. The number of carbonyl (C=O) groups excluding carboxylic acids is 2. The fraction of sp³-hybridized carbons (Fsp3) is 0.111. The van der Waals surface area contributed by atoms with E-state index in [1.165, 1.54) is 30.2 Å². The molecule has 3 aromatic rings. The predicted molar refractivity (Wildman–Crippen MR) is 94.7 cm³/mol. The van der Waals surface area contributed by atoms with Crippen molar-refractivity contribution in [3.8, 4) is 0 Å². The van der Waals surface area contributed by atoms with E-state index in [-0.39, 0.29) is 23.9 Å². The van der Waals surface area contributed by atoms with Gasteiger partial charge in [0.25, 0.3) is 0 Å². The van der Waals surface area contributed by atoms with Gasteiger partial charge in [-0.2, -0.15) is 0 Å². The Morgan fingerprint density at radius 1 is 1.19 bits per heavy atom. The molecule has 0 aliphatic rings. The third-order valence-electron chi connectivity index (χ3n) is 3.36. The van der Waals surface area contributed by atoms with E-state index in [0.29, 0.717) is 10.8 Å². The Balaban J connectivity index is 1.75. The third kappa shape index (κ3) is 3.92. The Hall–Kier alpha value is -3.13. The number of amides is 1. The molecule has 0 unspecified atom stereocenters. The van der Waals surface area contributed by atoms with Gasteiger partial charge in [-0.3, -0.25) is 9.69 Å². The van der Waals surface area contributed by atoms with Crippen LogP contribution < -0.4 is 4.90 Å². The maximum atomic E-state index is 14.0. The second-order valence-electron chi connectivity index (χ2n) is 5.22. The van der Waals surface area contributed by atoms with Crippen LogP contribution >= 0.6 is 11.3 Å². The number of carbonyl (C=O) groups is 2. The molecule has 0 fully saturated rings. The van der Waals surface area contributed by atoms with Gasteiger partial charge in [-0.15, -0.1) is 11.3 Å². The molecule has 0 aliphatic heterocycles. The van der Waals surface area contributed by atoms with Crippen LogP contribution in [-0.4, -0.2) is 21.8 Å². The molecule has 0 radical (unpaired) electrons. The number of pyridine rings is 1. The molecule has 3 rings (SSSR count). The summed E-state index contributed by atoms with van der Waals surface area (Å²) in [4.78, 5) is 33.3. The number of para-hydroxylation sites is 1. The summed E-state index contributed by atoms with van der Waals surface area (Å²) in [6.07, 6.45) is 1.50. The second kappa shape index (κ2) is 7.83. The van der Waals surface area contributed by atoms with E-state index in [4.69, 9.17) is 4.74 Å². The molecule has 132 valence electrons. The fourth-order valence-corrected chi connectivity index (χ4v) is 3.07. The van der Waals surface area contributed by atoms with Gasteiger partial charge in [-0.1, -0.05) is 18.2 Å². The number of aromatic nitrogens is 2. The number of rotatable bonds is 5. The highest BCUT2D eigenvalue weighted by Gasteiger charge is 2.21. The SMILES string of the molecule is CC(=O)N(c1nc(COC(=O)c2ccccn2)cs1)c1ccccc1F. The van der Waals surface area contributed by atoms with E-state index in [0.717, 1.165) is 11.3 Å². The van der Waals surface area contributed by atoms with Crippen LogP contribution in [0.3, 0.4) is 0 Å². The lowest BCUT2D eigenvalue weighted by molar-refractivity contribution is -0.115. The number of hydrogen-bond donors (Lipinski definition) is 0. The molecule has 0 aliphatic carbocycles. The molecule has 1 aromatic carbocycles. The number of nitrogens with zero attached hydrogens (tertiary/aromatic N) is 3. The zero-order chi connectivity index (χ0) is 18.5. The number of hydrogen-bond acceptors (Lipinski definition) is 6. The number of anilines is 2. The molecule has 2 aromatic heterocycles. The molecule has 6 nitrogen and oxygen atoms in total. The highest BCUT2D eigenvalue weighted by molar-refractivity contribution is 7.14. The number of ether oxygens (including phenoxy) is 1. The lowest BCUT2D eigenvalue weighted by atomic mass is 10.3. The number of benzene rings is 1. The van der Waals surface area contributed by atoms with Gasteiger partial charge < -0.3 is 4.74 Å². The van der Waals surface area contributed by atoms with Crippen molar-refractivity contribution in [1.82, 2.24) is 9.97 Å². The molecule has 26 heavy (non-hydrogen) atoms. The summed E-state index contributed by atoms with van der Waals surface area (Å²) >= 11 is 1.16. The summed E-state index contributed by atoms with van der Waals surface area (Å²) in [5.74, 6) is -1.47. The maximum absolute atomic E-state index is 14.0. The number of halogens is 1. The van der Waals surface area contributed by atoms with Gasteiger partial charge >= 0.3 is 5.97 Å². The zero-order valence-electron chi connectivity index (χ0n) is 13.8. The Bertz CT molecular complexity index is 930. The molecule has 8 heteroatoms. The smallest absolute Gasteiger partial charge is 0.357 e. The highest BCUT2D eigenvalue weighted by atomic mass is 32.1. The van der Waals surface area contributed by atoms with Crippen molar-refractivity contribution in [2.24, 2.45) is 0 Å². The van der Waals surface area contributed by atoms with E-state index < -0.39 is 11.8 Å². The van der Waals surface area contributed by atoms with Gasteiger partial charge in [0, 0.05) is 18.5 Å². The summed E-state index contributed by atoms with van der Waals surface area (Å²) < 4.78 is 19.2. The van der Waals surface area contributed by atoms with Gasteiger partial charge in [0.1, 0.15) is 18.1 Å². The first-order valence-corrected chi connectivity index (χ1v) is 8.52. The molecular weight excluding hydrogens is 357 g/mol. The first kappa shape index (κ1) is 17.7. The summed E-state index contributed by atoms with van der Waals surface area (Å²) in [7, 11) is 0. The van der Waals surface area contributed by atoms with Crippen LogP contribution in [0.4, 0.5) is 15.2 Å². The van der Waals surface area contributed by atoms with E-state index in [1.54, 1.807) is 35.7 Å². The van der Waals surface area contributed by atoms with Crippen molar-refractivity contribution in [2.45, 2.75) is 13.5 Å². The Labute approximate surface area is 152 Å². The molecule has 1 amide bonds. The van der Waals surface area contributed by atoms with Crippen LogP contribution in [0.2, 0.25) is 0 Å². The zero-order valence-corrected chi connectivity index (χ0v) is 14.6. The molecule has 2 heterocycles. The molecule has 0 N–H and O–H groups in total. The normalized spacial score (nSPS) is 10.4. The average molecular weight is 371 g/mol. The topological polar surface area (TPSA) is 72.4 Å². The lowest BCUT2D eigenvalue weighted by Crippen LogP contribution is -2.23. The van der Waals surface area contributed by atoms with Crippen molar-refractivity contribution in [3.63, 3.8) is 0 Å². The van der Waals surface area contributed by atoms with E-state index in [1.807, 2.05) is 0 Å². The predicted octanol–water partition coefficient (Wildman–Crippen LogP) is 3.72. The lowest BCUT2D eigenvalue weighted by Gasteiger charge is -2.18. The van der Waals surface area contributed by atoms with Gasteiger partial charge in [0.2, 0.25) is 5.91 Å². The largest absolute Gasteiger partial charge is 0.454 e. The Kier molecular flexibility index (Phi) is 5.33. The highest BCUT2D eigenvalue weighted by Crippen LogP contribution is 2.30. The van der Waals surface area contributed by atoms with Gasteiger partial charge in [-0.05, 0) is 24.3 Å². The first-order chi connectivity index (χ1) is 12.6. The first-order valence-electron chi connectivity index (χ1n) is 7.64. The van der Waals surface area contributed by atoms with Gasteiger partial charge in [0.05, 0.1) is 11.4 Å². The minimum absolute atomic E-state index is 0.0745.